The van der Waals surface area contributed by atoms with Gasteiger partial charge in [-0.2, -0.15) is 15.0 Å². The molecule has 1 aliphatic heterocycles. The minimum Gasteiger partial charge on any atom is -0.321 e. The third-order valence-corrected chi connectivity index (χ3v) is 4.57. The van der Waals surface area contributed by atoms with E-state index in [4.69, 9.17) is 0 Å². The SMILES string of the molecule is Cc1c(C(=O)Nc2ccc(-n3nccn3)cc2)nnn1C1CCNCC1.Cl. The Morgan fingerprint density at radius 3 is 2.48 bits per heavy atom. The van der Waals surface area contributed by atoms with Gasteiger partial charge in [0.05, 0.1) is 29.8 Å². The number of amides is 1. The van der Waals surface area contributed by atoms with Crippen LogP contribution in [0.5, 0.6) is 0 Å². The van der Waals surface area contributed by atoms with Gasteiger partial charge in [0.25, 0.3) is 5.91 Å². The van der Waals surface area contributed by atoms with E-state index in [0.717, 1.165) is 37.3 Å². The Morgan fingerprint density at radius 1 is 1.15 bits per heavy atom. The fourth-order valence-electron chi connectivity index (χ4n) is 3.17. The zero-order chi connectivity index (χ0) is 17.9. The second-order valence-corrected chi connectivity index (χ2v) is 6.27. The Hall–Kier alpha value is -2.78. The molecule has 2 aromatic heterocycles. The Bertz CT molecular complexity index is 884. The van der Waals surface area contributed by atoms with E-state index in [1.54, 1.807) is 12.4 Å². The van der Waals surface area contributed by atoms with Crippen LogP contribution in [-0.4, -0.2) is 49.0 Å². The molecule has 0 radical (unpaired) electrons. The average Bonchev–Trinajstić information content (AvgIpc) is 3.33. The Balaban J connectivity index is 0.00000210. The smallest absolute Gasteiger partial charge is 0.278 e. The molecular formula is C17H21ClN8O. The lowest BCUT2D eigenvalue weighted by molar-refractivity contribution is 0.102. The first-order chi connectivity index (χ1) is 12.7. The summed E-state index contributed by atoms with van der Waals surface area (Å²) in [5, 5.41) is 22.7. The molecule has 1 saturated heterocycles. The number of carbonyl (C=O) groups is 1. The fraction of sp³-hybridized carbons (Fsp3) is 0.353. The number of nitrogens with zero attached hydrogens (tertiary/aromatic N) is 6. The third-order valence-electron chi connectivity index (χ3n) is 4.57. The van der Waals surface area contributed by atoms with Crippen LogP contribution in [0.1, 0.15) is 35.1 Å². The first-order valence-corrected chi connectivity index (χ1v) is 8.63. The quantitative estimate of drug-likeness (QED) is 0.706. The molecule has 10 heteroatoms. The van der Waals surface area contributed by atoms with E-state index in [1.807, 2.05) is 35.9 Å². The number of piperidine rings is 1. The molecule has 1 aliphatic rings. The van der Waals surface area contributed by atoms with Crippen molar-refractivity contribution in [2.45, 2.75) is 25.8 Å². The molecule has 0 unspecified atom stereocenters. The third kappa shape index (κ3) is 3.99. The van der Waals surface area contributed by atoms with Crippen LogP contribution >= 0.6 is 12.4 Å². The molecular weight excluding hydrogens is 368 g/mol. The average molecular weight is 389 g/mol. The Morgan fingerprint density at radius 2 is 1.81 bits per heavy atom. The van der Waals surface area contributed by atoms with Crippen LogP contribution < -0.4 is 10.6 Å². The van der Waals surface area contributed by atoms with Gasteiger partial charge in [0, 0.05) is 5.69 Å². The van der Waals surface area contributed by atoms with E-state index in [-0.39, 0.29) is 18.3 Å². The van der Waals surface area contributed by atoms with E-state index in [2.05, 4.69) is 31.1 Å². The van der Waals surface area contributed by atoms with Crippen LogP contribution in [0.3, 0.4) is 0 Å². The lowest BCUT2D eigenvalue weighted by Gasteiger charge is -2.23. The number of anilines is 1. The van der Waals surface area contributed by atoms with Gasteiger partial charge >= 0.3 is 0 Å². The topological polar surface area (TPSA) is 103 Å². The zero-order valence-electron chi connectivity index (χ0n) is 14.9. The van der Waals surface area contributed by atoms with Crippen LogP contribution in [0.2, 0.25) is 0 Å². The van der Waals surface area contributed by atoms with Crippen molar-refractivity contribution in [2.75, 3.05) is 18.4 Å². The number of rotatable bonds is 4. The lowest BCUT2D eigenvalue weighted by Crippen LogP contribution is -2.30. The van der Waals surface area contributed by atoms with E-state index in [0.29, 0.717) is 17.4 Å². The van der Waals surface area contributed by atoms with Crippen LogP contribution in [-0.2, 0) is 0 Å². The van der Waals surface area contributed by atoms with Crippen molar-refractivity contribution in [3.63, 3.8) is 0 Å². The van der Waals surface area contributed by atoms with Crippen molar-refractivity contribution in [1.29, 1.82) is 0 Å². The highest BCUT2D eigenvalue weighted by Crippen LogP contribution is 2.21. The molecule has 4 rings (SSSR count). The van der Waals surface area contributed by atoms with Crippen molar-refractivity contribution in [1.82, 2.24) is 35.3 Å². The van der Waals surface area contributed by atoms with Crippen LogP contribution in [0, 0.1) is 6.92 Å². The van der Waals surface area contributed by atoms with E-state index < -0.39 is 0 Å². The summed E-state index contributed by atoms with van der Waals surface area (Å²) >= 11 is 0. The molecule has 0 aliphatic carbocycles. The first-order valence-electron chi connectivity index (χ1n) is 8.63. The van der Waals surface area contributed by atoms with Crippen LogP contribution in [0.15, 0.2) is 36.7 Å². The van der Waals surface area contributed by atoms with Gasteiger partial charge in [0.1, 0.15) is 0 Å². The summed E-state index contributed by atoms with van der Waals surface area (Å²) in [4.78, 5) is 14.1. The summed E-state index contributed by atoms with van der Waals surface area (Å²) in [6, 6.07) is 7.60. The summed E-state index contributed by atoms with van der Waals surface area (Å²) < 4.78 is 1.88. The van der Waals surface area contributed by atoms with Gasteiger partial charge in [-0.3, -0.25) is 4.79 Å². The van der Waals surface area contributed by atoms with Crippen LogP contribution in [0.25, 0.3) is 5.69 Å². The highest BCUT2D eigenvalue weighted by molar-refractivity contribution is 6.03. The largest absolute Gasteiger partial charge is 0.321 e. The summed E-state index contributed by atoms with van der Waals surface area (Å²) in [5.41, 5.74) is 2.66. The fourth-order valence-corrected chi connectivity index (χ4v) is 3.17. The van der Waals surface area contributed by atoms with Gasteiger partial charge in [0.15, 0.2) is 5.69 Å². The Kier molecular flexibility index (Phi) is 5.82. The van der Waals surface area contributed by atoms with Crippen molar-refractivity contribution < 1.29 is 4.79 Å². The number of nitrogens with one attached hydrogen (secondary N) is 2. The minimum atomic E-state index is -0.257. The maximum atomic E-state index is 12.6. The van der Waals surface area contributed by atoms with E-state index in [1.165, 1.54) is 4.80 Å². The van der Waals surface area contributed by atoms with Gasteiger partial charge in [-0.25, -0.2) is 4.68 Å². The zero-order valence-corrected chi connectivity index (χ0v) is 15.7. The molecule has 1 aromatic carbocycles. The van der Waals surface area contributed by atoms with Gasteiger partial charge < -0.3 is 10.6 Å². The Labute approximate surface area is 162 Å². The molecule has 3 aromatic rings. The second-order valence-electron chi connectivity index (χ2n) is 6.27. The van der Waals surface area contributed by atoms with Crippen molar-refractivity contribution in [2.24, 2.45) is 0 Å². The van der Waals surface area contributed by atoms with Crippen molar-refractivity contribution >= 4 is 24.0 Å². The maximum Gasteiger partial charge on any atom is 0.278 e. The standard InChI is InChI=1S/C17H20N8O.ClH/c1-12-16(22-23-24(12)14-6-8-18-9-7-14)17(26)21-13-2-4-15(5-3-13)25-19-10-11-20-25;/h2-5,10-11,14,18H,6-9H2,1H3,(H,21,26);1H. The number of hydrogen-bond donors (Lipinski definition) is 2. The van der Waals surface area contributed by atoms with Crippen molar-refractivity contribution in [3.05, 3.63) is 48.0 Å². The second kappa shape index (κ2) is 8.28. The van der Waals surface area contributed by atoms with Gasteiger partial charge in [-0.15, -0.1) is 17.5 Å². The molecule has 9 nitrogen and oxygen atoms in total. The number of hydrogen-bond acceptors (Lipinski definition) is 6. The normalized spacial score (nSPS) is 14.6. The van der Waals surface area contributed by atoms with Crippen LogP contribution in [0.4, 0.5) is 5.69 Å². The minimum absolute atomic E-state index is 0. The van der Waals surface area contributed by atoms with Gasteiger partial charge in [-0.1, -0.05) is 5.21 Å². The molecule has 142 valence electrons. The monoisotopic (exact) mass is 388 g/mol. The summed E-state index contributed by atoms with van der Waals surface area (Å²) in [7, 11) is 0. The summed E-state index contributed by atoms with van der Waals surface area (Å²) in [6.07, 6.45) is 5.22. The molecule has 1 amide bonds. The summed E-state index contributed by atoms with van der Waals surface area (Å²) in [5.74, 6) is -0.257. The number of halogens is 1. The highest BCUT2D eigenvalue weighted by Gasteiger charge is 2.22. The highest BCUT2D eigenvalue weighted by atomic mass is 35.5. The summed E-state index contributed by atoms with van der Waals surface area (Å²) in [6.45, 7) is 3.81. The van der Waals surface area contributed by atoms with Gasteiger partial charge in [0.2, 0.25) is 0 Å². The predicted octanol–water partition coefficient (Wildman–Crippen LogP) is 1.77. The van der Waals surface area contributed by atoms with E-state index in [9.17, 15) is 4.79 Å². The lowest BCUT2D eigenvalue weighted by atomic mass is 10.1. The molecule has 1 fully saturated rings. The molecule has 3 heterocycles. The first kappa shape index (κ1) is 19.0. The molecule has 0 saturated carbocycles. The number of benzene rings is 1. The predicted molar refractivity (Wildman–Crippen MR) is 102 cm³/mol. The molecule has 0 bridgehead atoms. The van der Waals surface area contributed by atoms with Gasteiger partial charge in [-0.05, 0) is 57.1 Å². The van der Waals surface area contributed by atoms with Crippen molar-refractivity contribution in [3.8, 4) is 5.69 Å². The number of aromatic nitrogens is 6. The molecule has 0 spiro atoms. The molecule has 2 N–H and O–H groups in total. The molecule has 0 atom stereocenters. The number of carbonyl (C=O) groups excluding carboxylic acids is 1. The van der Waals surface area contributed by atoms with E-state index >= 15 is 0 Å². The maximum absolute atomic E-state index is 12.6. The molecule has 27 heavy (non-hydrogen) atoms.